The highest BCUT2D eigenvalue weighted by molar-refractivity contribution is 5.57. The zero-order chi connectivity index (χ0) is 10.6. The Morgan fingerprint density at radius 3 is 2.50 bits per heavy atom. The summed E-state index contributed by atoms with van der Waals surface area (Å²) in [5.74, 6) is 0. The van der Waals surface area contributed by atoms with E-state index >= 15 is 0 Å². The summed E-state index contributed by atoms with van der Waals surface area (Å²) in [4.78, 5) is 0. The fourth-order valence-corrected chi connectivity index (χ4v) is 1.22. The molecule has 0 aliphatic carbocycles. The van der Waals surface area contributed by atoms with Crippen molar-refractivity contribution in [3.8, 4) is 0 Å². The maximum atomic E-state index is 8.89. The number of anilines is 2. The molecule has 0 spiro atoms. The highest BCUT2D eigenvalue weighted by Gasteiger charge is 2.06. The quantitative estimate of drug-likeness (QED) is 0.524. The van der Waals surface area contributed by atoms with Crippen LogP contribution in [0.2, 0.25) is 0 Å². The van der Waals surface area contributed by atoms with E-state index < -0.39 is 0 Å². The highest BCUT2D eigenvalue weighted by Crippen LogP contribution is 2.18. The molecule has 0 aliphatic rings. The van der Waals surface area contributed by atoms with Gasteiger partial charge in [-0.3, -0.25) is 0 Å². The second-order valence-electron chi connectivity index (χ2n) is 3.28. The molecule has 5 N–H and O–H groups in total. The van der Waals surface area contributed by atoms with E-state index in [9.17, 15) is 0 Å². The van der Waals surface area contributed by atoms with Crippen molar-refractivity contribution in [1.82, 2.24) is 0 Å². The van der Waals surface area contributed by atoms with Gasteiger partial charge in [0.1, 0.15) is 0 Å². The Morgan fingerprint density at radius 1 is 1.36 bits per heavy atom. The molecule has 14 heavy (non-hydrogen) atoms. The summed E-state index contributed by atoms with van der Waals surface area (Å²) in [7, 11) is 0. The fourth-order valence-electron chi connectivity index (χ4n) is 1.22. The van der Waals surface area contributed by atoms with Gasteiger partial charge in [-0.05, 0) is 30.7 Å². The van der Waals surface area contributed by atoms with Crippen LogP contribution in [0.25, 0.3) is 0 Å². The maximum absolute atomic E-state index is 8.89. The van der Waals surface area contributed by atoms with Crippen molar-refractivity contribution >= 4 is 11.4 Å². The van der Waals surface area contributed by atoms with Crippen molar-refractivity contribution in [3.05, 3.63) is 23.8 Å². The van der Waals surface area contributed by atoms with Gasteiger partial charge in [-0.1, -0.05) is 0 Å². The van der Waals surface area contributed by atoms with Gasteiger partial charge in [-0.2, -0.15) is 0 Å². The summed E-state index contributed by atoms with van der Waals surface area (Å²) in [6, 6.07) is 5.13. The number of nitrogens with one attached hydrogen (secondary N) is 1. The van der Waals surface area contributed by atoms with E-state index in [-0.39, 0.29) is 19.3 Å². The van der Waals surface area contributed by atoms with Crippen molar-refractivity contribution in [2.75, 3.05) is 24.3 Å². The first kappa shape index (κ1) is 10.8. The van der Waals surface area contributed by atoms with Crippen LogP contribution in [0.1, 0.15) is 5.56 Å². The third-order valence-corrected chi connectivity index (χ3v) is 2.05. The van der Waals surface area contributed by atoms with Crippen LogP contribution in [0.5, 0.6) is 0 Å². The van der Waals surface area contributed by atoms with Gasteiger partial charge in [0.2, 0.25) is 0 Å². The largest absolute Gasteiger partial charge is 0.399 e. The molecule has 1 rings (SSSR count). The summed E-state index contributed by atoms with van der Waals surface area (Å²) >= 11 is 0. The molecule has 0 saturated heterocycles. The normalized spacial score (nSPS) is 10.6. The van der Waals surface area contributed by atoms with Crippen molar-refractivity contribution in [1.29, 1.82) is 0 Å². The minimum atomic E-state index is -0.322. The van der Waals surface area contributed by atoms with Crippen LogP contribution in [0, 0.1) is 6.92 Å². The zero-order valence-corrected chi connectivity index (χ0v) is 8.20. The lowest BCUT2D eigenvalue weighted by molar-refractivity contribution is 0.204. The number of nitrogen functional groups attached to an aromatic ring is 1. The first-order valence-electron chi connectivity index (χ1n) is 4.51. The Kier molecular flexibility index (Phi) is 3.73. The second kappa shape index (κ2) is 4.83. The molecule has 0 heterocycles. The molecule has 4 nitrogen and oxygen atoms in total. The van der Waals surface area contributed by atoms with E-state index in [1.807, 2.05) is 19.1 Å². The van der Waals surface area contributed by atoms with E-state index in [1.165, 1.54) is 0 Å². The summed E-state index contributed by atoms with van der Waals surface area (Å²) in [5, 5.41) is 20.8. The van der Waals surface area contributed by atoms with Crippen LogP contribution in [0.4, 0.5) is 11.4 Å². The number of nitrogens with two attached hydrogens (primary N) is 1. The van der Waals surface area contributed by atoms with Gasteiger partial charge < -0.3 is 21.3 Å². The van der Waals surface area contributed by atoms with Gasteiger partial charge in [0.05, 0.1) is 19.3 Å². The lowest BCUT2D eigenvalue weighted by atomic mass is 10.1. The van der Waals surface area contributed by atoms with E-state index in [1.54, 1.807) is 6.07 Å². The summed E-state index contributed by atoms with van der Waals surface area (Å²) in [6.45, 7) is 1.73. The van der Waals surface area contributed by atoms with Crippen LogP contribution in [0.3, 0.4) is 0 Å². The summed E-state index contributed by atoms with van der Waals surface area (Å²) < 4.78 is 0. The first-order chi connectivity index (χ1) is 6.67. The maximum Gasteiger partial charge on any atom is 0.0723 e. The van der Waals surface area contributed by atoms with Crippen LogP contribution in [-0.4, -0.2) is 29.5 Å². The van der Waals surface area contributed by atoms with Crippen molar-refractivity contribution in [2.45, 2.75) is 13.0 Å². The van der Waals surface area contributed by atoms with Crippen LogP contribution >= 0.6 is 0 Å². The number of hydrogen-bond acceptors (Lipinski definition) is 4. The molecule has 0 saturated carbocycles. The molecule has 78 valence electrons. The molecule has 0 fully saturated rings. The Balaban J connectivity index is 2.76. The third kappa shape index (κ3) is 2.61. The molecule has 0 atom stereocenters. The molecular formula is C10H16N2O2. The molecule has 0 unspecified atom stereocenters. The molecule has 0 amide bonds. The predicted molar refractivity (Wildman–Crippen MR) is 57.2 cm³/mol. The molecule has 4 heteroatoms. The van der Waals surface area contributed by atoms with Crippen molar-refractivity contribution in [2.24, 2.45) is 0 Å². The van der Waals surface area contributed by atoms with Crippen molar-refractivity contribution in [3.63, 3.8) is 0 Å². The Hall–Kier alpha value is -1.26. The average Bonchev–Trinajstić information content (AvgIpc) is 2.17. The monoisotopic (exact) mass is 196 g/mol. The Labute approximate surface area is 83.4 Å². The Bertz CT molecular complexity index is 298. The number of rotatable bonds is 4. The lowest BCUT2D eigenvalue weighted by Crippen LogP contribution is -2.27. The predicted octanol–water partition coefficient (Wildman–Crippen LogP) is 0.342. The van der Waals surface area contributed by atoms with E-state index in [0.717, 1.165) is 11.3 Å². The van der Waals surface area contributed by atoms with E-state index in [4.69, 9.17) is 15.9 Å². The van der Waals surface area contributed by atoms with E-state index in [2.05, 4.69) is 5.32 Å². The van der Waals surface area contributed by atoms with Gasteiger partial charge in [-0.25, -0.2) is 0 Å². The number of aliphatic hydroxyl groups is 2. The van der Waals surface area contributed by atoms with Gasteiger partial charge >= 0.3 is 0 Å². The van der Waals surface area contributed by atoms with Crippen LogP contribution < -0.4 is 11.1 Å². The molecular weight excluding hydrogens is 180 g/mol. The van der Waals surface area contributed by atoms with Crippen LogP contribution in [-0.2, 0) is 0 Å². The zero-order valence-electron chi connectivity index (χ0n) is 8.20. The van der Waals surface area contributed by atoms with Gasteiger partial charge in [0.15, 0.2) is 0 Å². The SMILES string of the molecule is Cc1cc(N)ccc1NC(CO)CO. The molecule has 1 aromatic rings. The molecule has 0 aromatic heterocycles. The average molecular weight is 196 g/mol. The third-order valence-electron chi connectivity index (χ3n) is 2.05. The number of hydrogen-bond donors (Lipinski definition) is 4. The minimum absolute atomic E-state index is 0.0969. The second-order valence-corrected chi connectivity index (χ2v) is 3.28. The lowest BCUT2D eigenvalue weighted by Gasteiger charge is -2.16. The fraction of sp³-hybridized carbons (Fsp3) is 0.400. The summed E-state index contributed by atoms with van der Waals surface area (Å²) in [5.41, 5.74) is 8.18. The molecule has 0 bridgehead atoms. The topological polar surface area (TPSA) is 78.5 Å². The molecule has 0 aliphatic heterocycles. The number of aliphatic hydroxyl groups excluding tert-OH is 2. The van der Waals surface area contributed by atoms with Gasteiger partial charge in [0.25, 0.3) is 0 Å². The Morgan fingerprint density at radius 2 is 2.00 bits per heavy atom. The highest BCUT2D eigenvalue weighted by atomic mass is 16.3. The van der Waals surface area contributed by atoms with Gasteiger partial charge in [-0.15, -0.1) is 0 Å². The van der Waals surface area contributed by atoms with Gasteiger partial charge in [0, 0.05) is 11.4 Å². The van der Waals surface area contributed by atoms with E-state index in [0.29, 0.717) is 5.69 Å². The number of benzene rings is 1. The molecule has 1 aromatic carbocycles. The smallest absolute Gasteiger partial charge is 0.0723 e. The van der Waals surface area contributed by atoms with Crippen molar-refractivity contribution < 1.29 is 10.2 Å². The summed E-state index contributed by atoms with van der Waals surface area (Å²) in [6.07, 6.45) is 0. The standard InChI is InChI=1S/C10H16N2O2/c1-7-4-8(11)2-3-10(7)12-9(5-13)6-14/h2-4,9,12-14H,5-6,11H2,1H3. The minimum Gasteiger partial charge on any atom is -0.399 e. The first-order valence-corrected chi connectivity index (χ1v) is 4.51. The number of aryl methyl sites for hydroxylation is 1. The molecule has 0 radical (unpaired) electrons. The van der Waals surface area contributed by atoms with Crippen LogP contribution in [0.15, 0.2) is 18.2 Å².